The molecule has 1 atom stereocenters. The maximum atomic E-state index is 10.4. The van der Waals surface area contributed by atoms with Gasteiger partial charge in [-0.25, -0.2) is 0 Å². The van der Waals surface area contributed by atoms with Crippen molar-refractivity contribution in [2.24, 2.45) is 5.92 Å². The molecule has 22 heavy (non-hydrogen) atoms. The molecule has 1 N–H and O–H groups in total. The molecule has 3 aliphatic rings. The van der Waals surface area contributed by atoms with E-state index in [1.807, 2.05) is 0 Å². The molecule has 0 radical (unpaired) electrons. The molecule has 2 aliphatic heterocycles. The zero-order valence-corrected chi connectivity index (χ0v) is 14.4. The van der Waals surface area contributed by atoms with E-state index in [4.69, 9.17) is 0 Å². The fraction of sp³-hybridized carbons (Fsp3) is 1.00. The van der Waals surface area contributed by atoms with E-state index in [1.165, 1.54) is 64.7 Å². The fourth-order valence-corrected chi connectivity index (χ4v) is 4.48. The summed E-state index contributed by atoms with van der Waals surface area (Å²) in [5, 5.41) is 10.4. The third kappa shape index (κ3) is 4.67. The number of aliphatic hydroxyl groups is 1. The number of β-amino-alcohol motifs (C(OH)–C–C–N with tert-alkyl or cyclic N) is 1. The molecule has 1 aliphatic carbocycles. The largest absolute Gasteiger partial charge is 0.390 e. The van der Waals surface area contributed by atoms with Crippen LogP contribution in [0.4, 0.5) is 0 Å². The van der Waals surface area contributed by atoms with Gasteiger partial charge in [-0.3, -0.25) is 9.80 Å². The molecule has 128 valence electrons. The number of aliphatic hydroxyl groups excluding tert-OH is 1. The third-order valence-electron chi connectivity index (χ3n) is 6.06. The van der Waals surface area contributed by atoms with Gasteiger partial charge >= 0.3 is 0 Å². The number of piperazine rings is 1. The van der Waals surface area contributed by atoms with Crippen LogP contribution in [-0.4, -0.2) is 84.3 Å². The predicted molar refractivity (Wildman–Crippen MR) is 91.1 cm³/mol. The van der Waals surface area contributed by atoms with E-state index in [9.17, 15) is 5.11 Å². The van der Waals surface area contributed by atoms with Crippen molar-refractivity contribution in [2.45, 2.75) is 57.6 Å². The van der Waals surface area contributed by atoms with Gasteiger partial charge in [-0.05, 0) is 44.7 Å². The Labute approximate surface area is 136 Å². The SMILES string of the molecule is CC1CCN(CC(O)CN2CCN(C3CCCC3)CC2)CC1. The lowest BCUT2D eigenvalue weighted by atomic mass is 9.99. The van der Waals surface area contributed by atoms with E-state index in [0.29, 0.717) is 0 Å². The number of rotatable bonds is 5. The van der Waals surface area contributed by atoms with E-state index in [0.717, 1.165) is 38.1 Å². The first-order valence-electron chi connectivity index (χ1n) is 9.57. The summed E-state index contributed by atoms with van der Waals surface area (Å²) >= 11 is 0. The number of hydrogen-bond donors (Lipinski definition) is 1. The first kappa shape index (κ1) is 16.7. The molecule has 0 aromatic carbocycles. The summed E-state index contributed by atoms with van der Waals surface area (Å²) in [6.07, 6.45) is 8.10. The number of piperidine rings is 1. The van der Waals surface area contributed by atoms with Gasteiger partial charge in [0.1, 0.15) is 0 Å². The molecule has 3 rings (SSSR count). The van der Waals surface area contributed by atoms with Crippen LogP contribution in [0.1, 0.15) is 45.4 Å². The van der Waals surface area contributed by atoms with Crippen molar-refractivity contribution in [3.8, 4) is 0 Å². The molecule has 1 saturated carbocycles. The van der Waals surface area contributed by atoms with Gasteiger partial charge in [-0.2, -0.15) is 0 Å². The Morgan fingerprint density at radius 3 is 1.95 bits per heavy atom. The zero-order chi connectivity index (χ0) is 15.4. The molecule has 4 heteroatoms. The Bertz CT molecular complexity index is 316. The van der Waals surface area contributed by atoms with Gasteiger partial charge in [0.15, 0.2) is 0 Å². The van der Waals surface area contributed by atoms with E-state index < -0.39 is 0 Å². The van der Waals surface area contributed by atoms with Crippen LogP contribution in [0.5, 0.6) is 0 Å². The van der Waals surface area contributed by atoms with Crippen molar-refractivity contribution in [1.29, 1.82) is 0 Å². The highest BCUT2D eigenvalue weighted by molar-refractivity contribution is 4.83. The second-order valence-electron chi connectivity index (χ2n) is 7.91. The van der Waals surface area contributed by atoms with Crippen LogP contribution in [0.3, 0.4) is 0 Å². The molecule has 3 fully saturated rings. The molecule has 0 aromatic heterocycles. The minimum Gasteiger partial charge on any atom is -0.390 e. The van der Waals surface area contributed by atoms with E-state index in [-0.39, 0.29) is 6.10 Å². The van der Waals surface area contributed by atoms with E-state index >= 15 is 0 Å². The normalized spacial score (nSPS) is 29.2. The second-order valence-corrected chi connectivity index (χ2v) is 7.91. The quantitative estimate of drug-likeness (QED) is 0.836. The van der Waals surface area contributed by atoms with Gasteiger partial charge in [0.25, 0.3) is 0 Å². The van der Waals surface area contributed by atoms with Crippen LogP contribution in [0.25, 0.3) is 0 Å². The van der Waals surface area contributed by atoms with Gasteiger partial charge in [0.2, 0.25) is 0 Å². The standard InChI is InChI=1S/C18H35N3O/c1-16-6-8-19(9-7-16)14-18(22)15-20-10-12-21(13-11-20)17-4-2-3-5-17/h16-18,22H,2-15H2,1H3. The van der Waals surface area contributed by atoms with Crippen molar-refractivity contribution >= 4 is 0 Å². The topological polar surface area (TPSA) is 30.0 Å². The zero-order valence-electron chi connectivity index (χ0n) is 14.4. The maximum Gasteiger partial charge on any atom is 0.0793 e. The highest BCUT2D eigenvalue weighted by Crippen LogP contribution is 2.24. The number of likely N-dealkylation sites (tertiary alicyclic amines) is 1. The molecule has 4 nitrogen and oxygen atoms in total. The van der Waals surface area contributed by atoms with Crippen molar-refractivity contribution in [3.63, 3.8) is 0 Å². The van der Waals surface area contributed by atoms with Crippen LogP contribution in [-0.2, 0) is 0 Å². The van der Waals surface area contributed by atoms with Crippen LogP contribution in [0.2, 0.25) is 0 Å². The fourth-order valence-electron chi connectivity index (χ4n) is 4.48. The minimum absolute atomic E-state index is 0.175. The summed E-state index contributed by atoms with van der Waals surface area (Å²) < 4.78 is 0. The van der Waals surface area contributed by atoms with Crippen LogP contribution in [0, 0.1) is 5.92 Å². The van der Waals surface area contributed by atoms with Crippen molar-refractivity contribution in [1.82, 2.24) is 14.7 Å². The lowest BCUT2D eigenvalue weighted by Crippen LogP contribution is -2.52. The summed E-state index contributed by atoms with van der Waals surface area (Å²) in [4.78, 5) is 7.63. The Balaban J connectivity index is 1.33. The number of hydrogen-bond acceptors (Lipinski definition) is 4. The average Bonchev–Trinajstić information content (AvgIpc) is 3.05. The highest BCUT2D eigenvalue weighted by Gasteiger charge is 2.27. The first-order valence-corrected chi connectivity index (χ1v) is 9.57. The van der Waals surface area contributed by atoms with Crippen LogP contribution < -0.4 is 0 Å². The summed E-state index contributed by atoms with van der Waals surface area (Å²) in [6.45, 7) is 11.1. The average molecular weight is 309 g/mol. The Morgan fingerprint density at radius 2 is 1.36 bits per heavy atom. The molecule has 0 amide bonds. The Hall–Kier alpha value is -0.160. The Kier molecular flexibility index (Phi) is 6.14. The van der Waals surface area contributed by atoms with Crippen LogP contribution in [0.15, 0.2) is 0 Å². The van der Waals surface area contributed by atoms with Gasteiger partial charge in [0, 0.05) is 45.3 Å². The summed E-state index contributed by atoms with van der Waals surface area (Å²) in [7, 11) is 0. The van der Waals surface area contributed by atoms with Gasteiger partial charge in [-0.1, -0.05) is 19.8 Å². The highest BCUT2D eigenvalue weighted by atomic mass is 16.3. The predicted octanol–water partition coefficient (Wildman–Crippen LogP) is 1.64. The van der Waals surface area contributed by atoms with Crippen molar-refractivity contribution in [2.75, 3.05) is 52.4 Å². The van der Waals surface area contributed by atoms with E-state index in [2.05, 4.69) is 21.6 Å². The van der Waals surface area contributed by atoms with Gasteiger partial charge in [-0.15, -0.1) is 0 Å². The molecule has 2 saturated heterocycles. The monoisotopic (exact) mass is 309 g/mol. The molecule has 2 heterocycles. The van der Waals surface area contributed by atoms with E-state index in [1.54, 1.807) is 0 Å². The summed E-state index contributed by atoms with van der Waals surface area (Å²) in [5.41, 5.74) is 0. The molecule has 1 unspecified atom stereocenters. The van der Waals surface area contributed by atoms with Crippen LogP contribution >= 0.6 is 0 Å². The molecule has 0 aromatic rings. The number of nitrogens with zero attached hydrogens (tertiary/aromatic N) is 3. The Morgan fingerprint density at radius 1 is 0.818 bits per heavy atom. The molecular formula is C18H35N3O. The second kappa shape index (κ2) is 8.09. The van der Waals surface area contributed by atoms with Crippen molar-refractivity contribution in [3.05, 3.63) is 0 Å². The molecule has 0 bridgehead atoms. The maximum absolute atomic E-state index is 10.4. The van der Waals surface area contributed by atoms with Gasteiger partial charge < -0.3 is 10.0 Å². The lowest BCUT2D eigenvalue weighted by Gasteiger charge is -2.39. The van der Waals surface area contributed by atoms with Gasteiger partial charge in [0.05, 0.1) is 6.10 Å². The smallest absolute Gasteiger partial charge is 0.0793 e. The molecular weight excluding hydrogens is 274 g/mol. The first-order chi connectivity index (χ1) is 10.7. The third-order valence-corrected chi connectivity index (χ3v) is 6.06. The lowest BCUT2D eigenvalue weighted by molar-refractivity contribution is 0.0348. The molecule has 0 spiro atoms. The summed E-state index contributed by atoms with van der Waals surface area (Å²) in [6, 6.07) is 0.863. The van der Waals surface area contributed by atoms with Crippen molar-refractivity contribution < 1.29 is 5.11 Å². The summed E-state index contributed by atoms with van der Waals surface area (Å²) in [5.74, 6) is 0.872. The minimum atomic E-state index is -0.175.